The van der Waals surface area contributed by atoms with E-state index in [0.717, 1.165) is 23.4 Å². The van der Waals surface area contributed by atoms with Gasteiger partial charge in [-0.3, -0.25) is 0 Å². The molecule has 2 aromatic heterocycles. The van der Waals surface area contributed by atoms with Gasteiger partial charge in [-0.1, -0.05) is 13.8 Å². The largest absolute Gasteiger partial charge is 0.310 e. The van der Waals surface area contributed by atoms with E-state index in [1.165, 1.54) is 0 Å². The second kappa shape index (κ2) is 4.24. The molecule has 0 aromatic carbocycles. The molecular weight excluding hydrogens is 198 g/mol. The smallest absolute Gasteiger partial charge is 0.160 e. The van der Waals surface area contributed by atoms with Crippen molar-refractivity contribution >= 4 is 11.2 Å². The van der Waals surface area contributed by atoms with Gasteiger partial charge in [-0.25, -0.2) is 9.97 Å². The zero-order valence-electron chi connectivity index (χ0n) is 10.4. The summed E-state index contributed by atoms with van der Waals surface area (Å²) in [7, 11) is 0. The quantitative estimate of drug-likeness (QED) is 0.790. The van der Waals surface area contributed by atoms with Crippen molar-refractivity contribution in [1.29, 1.82) is 0 Å². The van der Waals surface area contributed by atoms with Crippen molar-refractivity contribution in [3.8, 4) is 0 Å². The molecule has 0 radical (unpaired) electrons. The molecule has 0 amide bonds. The predicted molar refractivity (Wildman–Crippen MR) is 66.5 cm³/mol. The van der Waals surface area contributed by atoms with Gasteiger partial charge in [0, 0.05) is 18.7 Å². The van der Waals surface area contributed by atoms with Crippen LogP contribution in [0.3, 0.4) is 0 Å². The third-order valence-electron chi connectivity index (χ3n) is 2.63. The summed E-state index contributed by atoms with van der Waals surface area (Å²) in [5, 5.41) is 0. The van der Waals surface area contributed by atoms with E-state index in [1.54, 1.807) is 0 Å². The maximum atomic E-state index is 4.67. The van der Waals surface area contributed by atoms with Crippen molar-refractivity contribution in [3.63, 3.8) is 0 Å². The van der Waals surface area contributed by atoms with Crippen LogP contribution >= 0.6 is 0 Å². The molecule has 0 spiro atoms. The molecule has 2 heterocycles. The lowest BCUT2D eigenvalue weighted by atomic mass is 10.1. The van der Waals surface area contributed by atoms with E-state index in [2.05, 4.69) is 42.2 Å². The fourth-order valence-corrected chi connectivity index (χ4v) is 2.03. The van der Waals surface area contributed by atoms with Gasteiger partial charge in [0.25, 0.3) is 0 Å². The van der Waals surface area contributed by atoms with Crippen LogP contribution in [0.2, 0.25) is 0 Å². The van der Waals surface area contributed by atoms with Crippen molar-refractivity contribution in [1.82, 2.24) is 14.5 Å². The molecule has 0 saturated carbocycles. The SMILES string of the molecule is CC(C)Cc1nc2cccnc2n1C(C)C. The van der Waals surface area contributed by atoms with Crippen LogP contribution in [0.5, 0.6) is 0 Å². The average molecular weight is 217 g/mol. The predicted octanol–water partition coefficient (Wildman–Crippen LogP) is 3.21. The molecule has 86 valence electrons. The van der Waals surface area contributed by atoms with Crippen LogP contribution in [0.4, 0.5) is 0 Å². The first kappa shape index (κ1) is 11.1. The van der Waals surface area contributed by atoms with Crippen molar-refractivity contribution < 1.29 is 0 Å². The highest BCUT2D eigenvalue weighted by Crippen LogP contribution is 2.20. The summed E-state index contributed by atoms with van der Waals surface area (Å²) in [6.45, 7) is 8.80. The van der Waals surface area contributed by atoms with E-state index in [9.17, 15) is 0 Å². The van der Waals surface area contributed by atoms with Gasteiger partial charge in [0.05, 0.1) is 0 Å². The van der Waals surface area contributed by atoms with Gasteiger partial charge < -0.3 is 4.57 Å². The van der Waals surface area contributed by atoms with Gasteiger partial charge in [-0.2, -0.15) is 0 Å². The fourth-order valence-electron chi connectivity index (χ4n) is 2.03. The van der Waals surface area contributed by atoms with Crippen LogP contribution in [0, 0.1) is 5.92 Å². The van der Waals surface area contributed by atoms with E-state index < -0.39 is 0 Å². The lowest BCUT2D eigenvalue weighted by Gasteiger charge is -2.13. The molecule has 0 N–H and O–H groups in total. The molecular formula is C13H19N3. The van der Waals surface area contributed by atoms with Gasteiger partial charge in [-0.05, 0) is 31.9 Å². The third kappa shape index (κ3) is 1.94. The topological polar surface area (TPSA) is 30.7 Å². The van der Waals surface area contributed by atoms with Crippen LogP contribution in [-0.2, 0) is 6.42 Å². The highest BCUT2D eigenvalue weighted by molar-refractivity contribution is 5.71. The van der Waals surface area contributed by atoms with Crippen LogP contribution in [0.25, 0.3) is 11.2 Å². The molecule has 16 heavy (non-hydrogen) atoms. The molecule has 0 aliphatic carbocycles. The average Bonchev–Trinajstić information content (AvgIpc) is 2.53. The summed E-state index contributed by atoms with van der Waals surface area (Å²) in [5.74, 6) is 1.77. The standard InChI is InChI=1S/C13H19N3/c1-9(2)8-12-15-11-6-5-7-14-13(11)16(12)10(3)4/h5-7,9-10H,8H2,1-4H3. The number of pyridine rings is 1. The van der Waals surface area contributed by atoms with Crippen molar-refractivity contribution in [2.45, 2.75) is 40.2 Å². The van der Waals surface area contributed by atoms with Crippen LogP contribution in [0.1, 0.15) is 39.6 Å². The first-order chi connectivity index (χ1) is 7.59. The molecule has 2 aromatic rings. The normalized spacial score (nSPS) is 11.9. The van der Waals surface area contributed by atoms with E-state index in [1.807, 2.05) is 18.3 Å². The Labute approximate surface area is 96.5 Å². The van der Waals surface area contributed by atoms with Crippen molar-refractivity contribution in [2.75, 3.05) is 0 Å². The van der Waals surface area contributed by atoms with Crippen LogP contribution < -0.4 is 0 Å². The highest BCUT2D eigenvalue weighted by Gasteiger charge is 2.14. The van der Waals surface area contributed by atoms with Crippen LogP contribution in [0.15, 0.2) is 18.3 Å². The second-order valence-electron chi connectivity index (χ2n) is 4.94. The maximum absolute atomic E-state index is 4.67. The van der Waals surface area contributed by atoms with E-state index >= 15 is 0 Å². The third-order valence-corrected chi connectivity index (χ3v) is 2.63. The lowest BCUT2D eigenvalue weighted by molar-refractivity contribution is 0.537. The first-order valence-electron chi connectivity index (χ1n) is 5.91. The summed E-state index contributed by atoms with van der Waals surface area (Å²) in [5.41, 5.74) is 2.01. The fraction of sp³-hybridized carbons (Fsp3) is 0.538. The monoisotopic (exact) mass is 217 g/mol. The van der Waals surface area contributed by atoms with E-state index in [0.29, 0.717) is 12.0 Å². The molecule has 0 saturated heterocycles. The van der Waals surface area contributed by atoms with Gasteiger partial charge in [0.15, 0.2) is 5.65 Å². The number of fused-ring (bicyclic) bond motifs is 1. The molecule has 0 atom stereocenters. The number of rotatable bonds is 3. The van der Waals surface area contributed by atoms with Crippen LogP contribution in [-0.4, -0.2) is 14.5 Å². The number of imidazole rings is 1. The molecule has 3 nitrogen and oxygen atoms in total. The first-order valence-corrected chi connectivity index (χ1v) is 5.91. The van der Waals surface area contributed by atoms with Gasteiger partial charge in [-0.15, -0.1) is 0 Å². The summed E-state index contributed by atoms with van der Waals surface area (Å²) >= 11 is 0. The Kier molecular flexibility index (Phi) is 2.95. The Hall–Kier alpha value is -1.38. The molecule has 0 bridgehead atoms. The maximum Gasteiger partial charge on any atom is 0.160 e. The summed E-state index contributed by atoms with van der Waals surface area (Å²) < 4.78 is 2.25. The highest BCUT2D eigenvalue weighted by atomic mass is 15.1. The number of hydrogen-bond donors (Lipinski definition) is 0. The van der Waals surface area contributed by atoms with Crippen molar-refractivity contribution in [2.24, 2.45) is 5.92 Å². The molecule has 0 fully saturated rings. The molecule has 0 unspecified atom stereocenters. The van der Waals surface area contributed by atoms with E-state index in [-0.39, 0.29) is 0 Å². The Balaban J connectivity index is 2.58. The van der Waals surface area contributed by atoms with Crippen molar-refractivity contribution in [3.05, 3.63) is 24.2 Å². The number of hydrogen-bond acceptors (Lipinski definition) is 2. The van der Waals surface area contributed by atoms with Gasteiger partial charge in [0.1, 0.15) is 11.3 Å². The number of nitrogens with zero attached hydrogens (tertiary/aromatic N) is 3. The Bertz CT molecular complexity index is 483. The summed E-state index contributed by atoms with van der Waals surface area (Å²) in [4.78, 5) is 9.11. The minimum absolute atomic E-state index is 0.411. The lowest BCUT2D eigenvalue weighted by Crippen LogP contribution is -2.09. The Morgan fingerprint density at radius 1 is 1.25 bits per heavy atom. The van der Waals surface area contributed by atoms with Gasteiger partial charge >= 0.3 is 0 Å². The Morgan fingerprint density at radius 2 is 2.00 bits per heavy atom. The number of aromatic nitrogens is 3. The zero-order valence-corrected chi connectivity index (χ0v) is 10.4. The van der Waals surface area contributed by atoms with E-state index in [4.69, 9.17) is 0 Å². The molecule has 2 rings (SSSR count). The minimum atomic E-state index is 0.411. The summed E-state index contributed by atoms with van der Waals surface area (Å²) in [6.07, 6.45) is 2.84. The second-order valence-corrected chi connectivity index (χ2v) is 4.94. The minimum Gasteiger partial charge on any atom is -0.310 e. The molecule has 0 aliphatic heterocycles. The van der Waals surface area contributed by atoms with Gasteiger partial charge in [0.2, 0.25) is 0 Å². The summed E-state index contributed by atoms with van der Waals surface area (Å²) in [6, 6.07) is 4.39. The molecule has 0 aliphatic rings. The zero-order chi connectivity index (χ0) is 11.7. The molecule has 3 heteroatoms. The Morgan fingerprint density at radius 3 is 2.62 bits per heavy atom.